The van der Waals surface area contributed by atoms with Crippen molar-refractivity contribution in [3.8, 4) is 5.75 Å². The summed E-state index contributed by atoms with van der Waals surface area (Å²) in [6, 6.07) is 4.27. The quantitative estimate of drug-likeness (QED) is 0.439. The third kappa shape index (κ3) is 4.02. The van der Waals surface area contributed by atoms with E-state index in [0.29, 0.717) is 6.61 Å². The van der Waals surface area contributed by atoms with Crippen LogP contribution in [0.15, 0.2) is 12.1 Å². The molecule has 0 aromatic heterocycles. The normalized spacial score (nSPS) is 18.1. The molecule has 1 aromatic carbocycles. The third-order valence-corrected chi connectivity index (χ3v) is 5.59. The van der Waals surface area contributed by atoms with Crippen LogP contribution >= 0.6 is 0 Å². The maximum atomic E-state index is 12.2. The number of benzene rings is 1. The zero-order chi connectivity index (χ0) is 18.0. The SMILES string of the molecule is CCCCCCOc1cc2c(cc1C(C)=O)C(C)(C)CCC2(C)C. The molecule has 2 heteroatoms. The molecule has 0 heterocycles. The van der Waals surface area contributed by atoms with E-state index in [4.69, 9.17) is 4.74 Å². The highest BCUT2D eigenvalue weighted by Crippen LogP contribution is 2.47. The van der Waals surface area contributed by atoms with Gasteiger partial charge in [0.2, 0.25) is 0 Å². The second-order valence-electron chi connectivity index (χ2n) is 8.63. The lowest BCUT2D eigenvalue weighted by atomic mass is 9.63. The maximum absolute atomic E-state index is 12.2. The Morgan fingerprint density at radius 1 is 1.00 bits per heavy atom. The molecule has 0 unspecified atom stereocenters. The zero-order valence-corrected chi connectivity index (χ0v) is 16.4. The second-order valence-corrected chi connectivity index (χ2v) is 8.63. The molecule has 0 fully saturated rings. The van der Waals surface area contributed by atoms with Crippen molar-refractivity contribution in [2.24, 2.45) is 0 Å². The number of ketones is 1. The number of hydrogen-bond donors (Lipinski definition) is 0. The molecule has 2 rings (SSSR count). The first kappa shape index (κ1) is 19.0. The van der Waals surface area contributed by atoms with Crippen LogP contribution in [0.5, 0.6) is 5.75 Å². The van der Waals surface area contributed by atoms with Crippen LogP contribution in [0.3, 0.4) is 0 Å². The van der Waals surface area contributed by atoms with E-state index in [-0.39, 0.29) is 16.6 Å². The van der Waals surface area contributed by atoms with Crippen molar-refractivity contribution in [3.63, 3.8) is 0 Å². The van der Waals surface area contributed by atoms with Gasteiger partial charge in [-0.05, 0) is 60.3 Å². The van der Waals surface area contributed by atoms with Crippen molar-refractivity contribution < 1.29 is 9.53 Å². The summed E-state index contributed by atoms with van der Waals surface area (Å²) in [6.07, 6.45) is 7.03. The van der Waals surface area contributed by atoms with E-state index in [2.05, 4.69) is 46.8 Å². The van der Waals surface area contributed by atoms with Crippen molar-refractivity contribution in [2.45, 2.75) is 90.9 Å². The summed E-state index contributed by atoms with van der Waals surface area (Å²) in [5, 5.41) is 0. The Morgan fingerprint density at radius 2 is 1.58 bits per heavy atom. The standard InChI is InChI=1S/C22H34O2/c1-7-8-9-10-13-24-20-15-19-18(14-17(20)16(2)23)21(3,4)11-12-22(19,5)6/h14-15H,7-13H2,1-6H3. The predicted octanol–water partition coefficient (Wildman–Crippen LogP) is 6.20. The Kier molecular flexibility index (Phi) is 5.78. The first-order chi connectivity index (χ1) is 11.2. The van der Waals surface area contributed by atoms with Gasteiger partial charge in [-0.1, -0.05) is 53.9 Å². The highest BCUT2D eigenvalue weighted by Gasteiger charge is 2.38. The van der Waals surface area contributed by atoms with Gasteiger partial charge in [0.15, 0.2) is 5.78 Å². The van der Waals surface area contributed by atoms with E-state index in [1.165, 1.54) is 36.8 Å². The molecule has 0 saturated heterocycles. The molecule has 0 bridgehead atoms. The van der Waals surface area contributed by atoms with Crippen molar-refractivity contribution in [3.05, 3.63) is 28.8 Å². The van der Waals surface area contributed by atoms with Crippen molar-refractivity contribution in [1.29, 1.82) is 0 Å². The summed E-state index contributed by atoms with van der Waals surface area (Å²) < 4.78 is 6.05. The average molecular weight is 331 g/mol. The molecular formula is C22H34O2. The summed E-state index contributed by atoms with van der Waals surface area (Å²) in [5.74, 6) is 0.879. The van der Waals surface area contributed by atoms with E-state index in [9.17, 15) is 4.79 Å². The topological polar surface area (TPSA) is 26.3 Å². The van der Waals surface area contributed by atoms with E-state index in [1.807, 2.05) is 0 Å². The number of rotatable bonds is 7. The highest BCUT2D eigenvalue weighted by atomic mass is 16.5. The van der Waals surface area contributed by atoms with Gasteiger partial charge in [0.05, 0.1) is 12.2 Å². The molecule has 0 amide bonds. The molecule has 0 aliphatic heterocycles. The van der Waals surface area contributed by atoms with E-state index < -0.39 is 0 Å². The van der Waals surface area contributed by atoms with Crippen LogP contribution in [0, 0.1) is 0 Å². The number of carbonyl (C=O) groups excluding carboxylic acids is 1. The van der Waals surface area contributed by atoms with Gasteiger partial charge in [0.1, 0.15) is 5.75 Å². The number of unbranched alkanes of at least 4 members (excludes halogenated alkanes) is 3. The Morgan fingerprint density at radius 3 is 2.12 bits per heavy atom. The van der Waals surface area contributed by atoms with Gasteiger partial charge in [0.25, 0.3) is 0 Å². The minimum Gasteiger partial charge on any atom is -0.493 e. The monoisotopic (exact) mass is 330 g/mol. The van der Waals surface area contributed by atoms with Gasteiger partial charge < -0.3 is 4.74 Å². The number of hydrogen-bond acceptors (Lipinski definition) is 2. The van der Waals surface area contributed by atoms with Crippen LogP contribution < -0.4 is 4.74 Å². The minimum absolute atomic E-state index is 0.0977. The van der Waals surface area contributed by atoms with E-state index in [1.54, 1.807) is 6.92 Å². The lowest BCUT2D eigenvalue weighted by Crippen LogP contribution is -2.34. The first-order valence-electron chi connectivity index (χ1n) is 9.52. The van der Waals surface area contributed by atoms with Crippen molar-refractivity contribution >= 4 is 5.78 Å². The Bertz CT molecular complexity index is 596. The number of fused-ring (bicyclic) bond motifs is 1. The molecule has 0 radical (unpaired) electrons. The number of Topliss-reactive ketones (excluding diaryl/α,β-unsaturated/α-hetero) is 1. The van der Waals surface area contributed by atoms with E-state index in [0.717, 1.165) is 24.2 Å². The Labute approximate surface area is 148 Å². The number of ether oxygens (including phenoxy) is 1. The van der Waals surface area contributed by atoms with Crippen LogP contribution in [0.25, 0.3) is 0 Å². The summed E-state index contributed by atoms with van der Waals surface area (Å²) in [5.41, 5.74) is 3.68. The zero-order valence-electron chi connectivity index (χ0n) is 16.4. The summed E-state index contributed by atoms with van der Waals surface area (Å²) in [7, 11) is 0. The Balaban J connectivity index is 2.35. The van der Waals surface area contributed by atoms with Crippen LogP contribution in [-0.4, -0.2) is 12.4 Å². The highest BCUT2D eigenvalue weighted by molar-refractivity contribution is 5.97. The Hall–Kier alpha value is -1.31. The lowest BCUT2D eigenvalue weighted by Gasteiger charge is -2.42. The second kappa shape index (κ2) is 7.29. The molecule has 0 spiro atoms. The van der Waals surface area contributed by atoms with Crippen molar-refractivity contribution in [2.75, 3.05) is 6.61 Å². The van der Waals surface area contributed by atoms with E-state index >= 15 is 0 Å². The van der Waals surface area contributed by atoms with Crippen LogP contribution in [0.4, 0.5) is 0 Å². The van der Waals surface area contributed by atoms with Crippen LogP contribution in [-0.2, 0) is 10.8 Å². The maximum Gasteiger partial charge on any atom is 0.163 e. The third-order valence-electron chi connectivity index (χ3n) is 5.59. The van der Waals surface area contributed by atoms with Crippen LogP contribution in [0.1, 0.15) is 102 Å². The molecule has 0 N–H and O–H groups in total. The van der Waals surface area contributed by atoms with Crippen LogP contribution in [0.2, 0.25) is 0 Å². The van der Waals surface area contributed by atoms with Gasteiger partial charge in [-0.15, -0.1) is 0 Å². The summed E-state index contributed by atoms with van der Waals surface area (Å²) in [6.45, 7) is 13.7. The molecule has 0 saturated carbocycles. The largest absolute Gasteiger partial charge is 0.493 e. The summed E-state index contributed by atoms with van der Waals surface area (Å²) in [4.78, 5) is 12.2. The molecule has 134 valence electrons. The molecule has 1 aromatic rings. The molecule has 24 heavy (non-hydrogen) atoms. The van der Waals surface area contributed by atoms with Gasteiger partial charge in [0, 0.05) is 0 Å². The predicted molar refractivity (Wildman–Crippen MR) is 101 cm³/mol. The lowest BCUT2D eigenvalue weighted by molar-refractivity contribution is 0.101. The molecular weight excluding hydrogens is 296 g/mol. The molecule has 1 aliphatic rings. The van der Waals surface area contributed by atoms with Gasteiger partial charge in [-0.25, -0.2) is 0 Å². The van der Waals surface area contributed by atoms with Crippen molar-refractivity contribution in [1.82, 2.24) is 0 Å². The first-order valence-corrected chi connectivity index (χ1v) is 9.52. The van der Waals surface area contributed by atoms with Gasteiger partial charge >= 0.3 is 0 Å². The molecule has 1 aliphatic carbocycles. The van der Waals surface area contributed by atoms with Gasteiger partial charge in [-0.2, -0.15) is 0 Å². The average Bonchev–Trinajstić information content (AvgIpc) is 2.51. The summed E-state index contributed by atoms with van der Waals surface area (Å²) >= 11 is 0. The minimum atomic E-state index is 0.0977. The fourth-order valence-electron chi connectivity index (χ4n) is 3.70. The van der Waals surface area contributed by atoms with Gasteiger partial charge in [-0.3, -0.25) is 4.79 Å². The number of carbonyl (C=O) groups is 1. The smallest absolute Gasteiger partial charge is 0.163 e. The molecule has 2 nitrogen and oxygen atoms in total. The fraction of sp³-hybridized carbons (Fsp3) is 0.682. The fourth-order valence-corrected chi connectivity index (χ4v) is 3.70. The molecule has 0 atom stereocenters.